The molecule has 0 amide bonds. The van der Waals surface area contributed by atoms with Crippen LogP contribution in [0.1, 0.15) is 18.4 Å². The molecule has 0 unspecified atom stereocenters. The third-order valence-corrected chi connectivity index (χ3v) is 3.75. The largest absolute Gasteiger partial charge is 0.480 e. The number of halogens is 3. The fourth-order valence-electron chi connectivity index (χ4n) is 2.40. The summed E-state index contributed by atoms with van der Waals surface area (Å²) in [5.41, 5.74) is 0.549. The summed E-state index contributed by atoms with van der Waals surface area (Å²) in [7, 11) is 0. The highest BCUT2D eigenvalue weighted by Gasteiger charge is 2.31. The number of nitrogens with zero attached hydrogens (tertiary/aromatic N) is 1. The number of rotatable bonds is 5. The summed E-state index contributed by atoms with van der Waals surface area (Å²) < 4.78 is 30.0. The topological polar surface area (TPSA) is 49.8 Å². The van der Waals surface area contributed by atoms with Crippen LogP contribution < -0.4 is 4.74 Å². The zero-order chi connectivity index (χ0) is 14.7. The number of hydrogen-bond acceptors (Lipinski definition) is 3. The third kappa shape index (κ3) is 3.67. The van der Waals surface area contributed by atoms with E-state index < -0.39 is 18.6 Å². The first-order chi connectivity index (χ1) is 9.47. The van der Waals surface area contributed by atoms with Crippen LogP contribution in [0.5, 0.6) is 5.75 Å². The van der Waals surface area contributed by atoms with Gasteiger partial charge in [-0.2, -0.15) is 8.78 Å². The van der Waals surface area contributed by atoms with Gasteiger partial charge in [-0.05, 0) is 37.6 Å². The van der Waals surface area contributed by atoms with Crippen molar-refractivity contribution >= 4 is 21.9 Å². The quantitative estimate of drug-likeness (QED) is 0.887. The molecule has 0 bridgehead atoms. The SMILES string of the molecule is O=C(O)[C@@H]1CCCN1Cc1cc(Br)ccc1OC(F)F. The molecule has 7 heteroatoms. The third-order valence-electron chi connectivity index (χ3n) is 3.26. The molecule has 1 saturated heterocycles. The molecule has 2 rings (SSSR count). The Morgan fingerprint density at radius 2 is 2.30 bits per heavy atom. The Bertz CT molecular complexity index is 499. The number of carboxylic acids is 1. The van der Waals surface area contributed by atoms with E-state index in [4.69, 9.17) is 5.11 Å². The summed E-state index contributed by atoms with van der Waals surface area (Å²) in [6.45, 7) is -1.99. The van der Waals surface area contributed by atoms with Crippen LogP contribution in [0, 0.1) is 0 Å². The molecular weight excluding hydrogens is 336 g/mol. The fourth-order valence-corrected chi connectivity index (χ4v) is 2.80. The first kappa shape index (κ1) is 15.2. The fraction of sp³-hybridized carbons (Fsp3) is 0.462. The van der Waals surface area contributed by atoms with Crippen LogP contribution in [-0.2, 0) is 11.3 Å². The van der Waals surface area contributed by atoms with Gasteiger partial charge in [-0.1, -0.05) is 15.9 Å². The zero-order valence-corrected chi connectivity index (χ0v) is 12.1. The van der Waals surface area contributed by atoms with Crippen LogP contribution in [0.15, 0.2) is 22.7 Å². The van der Waals surface area contributed by atoms with Gasteiger partial charge in [0.2, 0.25) is 0 Å². The van der Waals surface area contributed by atoms with Crippen LogP contribution in [-0.4, -0.2) is 35.2 Å². The van der Waals surface area contributed by atoms with Gasteiger partial charge in [0.15, 0.2) is 0 Å². The van der Waals surface area contributed by atoms with E-state index in [-0.39, 0.29) is 12.3 Å². The zero-order valence-electron chi connectivity index (χ0n) is 10.6. The van der Waals surface area contributed by atoms with E-state index in [1.807, 2.05) is 0 Å². The van der Waals surface area contributed by atoms with Crippen LogP contribution in [0.4, 0.5) is 8.78 Å². The highest BCUT2D eigenvalue weighted by Crippen LogP contribution is 2.28. The van der Waals surface area contributed by atoms with E-state index in [1.165, 1.54) is 6.07 Å². The van der Waals surface area contributed by atoms with E-state index in [2.05, 4.69) is 20.7 Å². The number of hydrogen-bond donors (Lipinski definition) is 1. The van der Waals surface area contributed by atoms with Gasteiger partial charge in [-0.15, -0.1) is 0 Å². The number of benzene rings is 1. The predicted molar refractivity (Wildman–Crippen MR) is 71.8 cm³/mol. The van der Waals surface area contributed by atoms with E-state index in [0.717, 1.165) is 10.9 Å². The second-order valence-corrected chi connectivity index (χ2v) is 5.51. The average molecular weight is 350 g/mol. The van der Waals surface area contributed by atoms with Crippen molar-refractivity contribution in [3.05, 3.63) is 28.2 Å². The molecule has 1 aromatic rings. The number of carboxylic acid groups (broad SMARTS) is 1. The molecule has 20 heavy (non-hydrogen) atoms. The van der Waals surface area contributed by atoms with Gasteiger partial charge >= 0.3 is 12.6 Å². The Hall–Kier alpha value is -1.21. The molecule has 0 aromatic heterocycles. The Morgan fingerprint density at radius 1 is 1.55 bits per heavy atom. The average Bonchev–Trinajstić information content (AvgIpc) is 2.80. The van der Waals surface area contributed by atoms with Crippen molar-refractivity contribution in [2.24, 2.45) is 0 Å². The summed E-state index contributed by atoms with van der Waals surface area (Å²) in [4.78, 5) is 12.9. The second-order valence-electron chi connectivity index (χ2n) is 4.60. The predicted octanol–water partition coefficient (Wildman–Crippen LogP) is 3.10. The van der Waals surface area contributed by atoms with Crippen molar-refractivity contribution in [2.45, 2.75) is 32.0 Å². The van der Waals surface area contributed by atoms with Gasteiger partial charge in [-0.25, -0.2) is 0 Å². The van der Waals surface area contributed by atoms with Crippen molar-refractivity contribution < 1.29 is 23.4 Å². The van der Waals surface area contributed by atoms with Crippen molar-refractivity contribution in [1.82, 2.24) is 4.90 Å². The lowest BCUT2D eigenvalue weighted by Crippen LogP contribution is -2.35. The molecule has 110 valence electrons. The monoisotopic (exact) mass is 349 g/mol. The molecule has 0 radical (unpaired) electrons. The number of aliphatic carboxylic acids is 1. The van der Waals surface area contributed by atoms with Crippen LogP contribution in [0.3, 0.4) is 0 Å². The molecule has 0 aliphatic carbocycles. The summed E-state index contributed by atoms with van der Waals surface area (Å²) in [6.07, 6.45) is 1.37. The standard InChI is InChI=1S/C13H14BrF2NO3/c14-9-3-4-11(20-13(15)16)8(6-9)7-17-5-1-2-10(17)12(18)19/h3-4,6,10,13H,1-2,5,7H2,(H,18,19)/t10-/m0/s1. The van der Waals surface area contributed by atoms with Gasteiger partial charge in [-0.3, -0.25) is 9.69 Å². The molecule has 1 aromatic carbocycles. The molecule has 1 aliphatic heterocycles. The highest BCUT2D eigenvalue weighted by molar-refractivity contribution is 9.10. The van der Waals surface area contributed by atoms with Crippen LogP contribution in [0.25, 0.3) is 0 Å². The van der Waals surface area contributed by atoms with Crippen molar-refractivity contribution in [1.29, 1.82) is 0 Å². The number of ether oxygens (including phenoxy) is 1. The molecular formula is C13H14BrF2NO3. The second kappa shape index (κ2) is 6.49. The molecule has 4 nitrogen and oxygen atoms in total. The van der Waals surface area contributed by atoms with Crippen molar-refractivity contribution in [2.75, 3.05) is 6.54 Å². The van der Waals surface area contributed by atoms with E-state index in [1.54, 1.807) is 17.0 Å². The minimum Gasteiger partial charge on any atom is -0.480 e. The van der Waals surface area contributed by atoms with Gasteiger partial charge < -0.3 is 9.84 Å². The highest BCUT2D eigenvalue weighted by atomic mass is 79.9. The smallest absolute Gasteiger partial charge is 0.387 e. The summed E-state index contributed by atoms with van der Waals surface area (Å²) in [5.74, 6) is -0.798. The van der Waals surface area contributed by atoms with Gasteiger partial charge in [0.05, 0.1) is 0 Å². The molecule has 1 aliphatic rings. The first-order valence-electron chi connectivity index (χ1n) is 6.17. The molecule has 0 saturated carbocycles. The lowest BCUT2D eigenvalue weighted by molar-refractivity contribution is -0.142. The molecule has 1 atom stereocenters. The minimum absolute atomic E-state index is 0.0826. The van der Waals surface area contributed by atoms with Crippen LogP contribution >= 0.6 is 15.9 Å². The number of likely N-dealkylation sites (tertiary alicyclic amines) is 1. The van der Waals surface area contributed by atoms with E-state index >= 15 is 0 Å². The maximum absolute atomic E-state index is 12.4. The number of alkyl halides is 2. The van der Waals surface area contributed by atoms with Crippen molar-refractivity contribution in [3.63, 3.8) is 0 Å². The normalized spacial score (nSPS) is 19.5. The van der Waals surface area contributed by atoms with E-state index in [0.29, 0.717) is 18.5 Å². The number of carbonyl (C=O) groups is 1. The van der Waals surface area contributed by atoms with Crippen LogP contribution in [0.2, 0.25) is 0 Å². The lowest BCUT2D eigenvalue weighted by atomic mass is 10.1. The maximum Gasteiger partial charge on any atom is 0.387 e. The van der Waals surface area contributed by atoms with Gasteiger partial charge in [0.1, 0.15) is 11.8 Å². The summed E-state index contributed by atoms with van der Waals surface area (Å²) in [5, 5.41) is 9.13. The lowest BCUT2D eigenvalue weighted by Gasteiger charge is -2.22. The molecule has 1 fully saturated rings. The molecule has 1 N–H and O–H groups in total. The van der Waals surface area contributed by atoms with Gasteiger partial charge in [0.25, 0.3) is 0 Å². The summed E-state index contributed by atoms with van der Waals surface area (Å²) in [6, 6.07) is 4.18. The maximum atomic E-state index is 12.4. The van der Waals surface area contributed by atoms with Crippen molar-refractivity contribution in [3.8, 4) is 5.75 Å². The van der Waals surface area contributed by atoms with E-state index in [9.17, 15) is 13.6 Å². The minimum atomic E-state index is -2.90. The van der Waals surface area contributed by atoms with Gasteiger partial charge in [0, 0.05) is 16.6 Å². The summed E-state index contributed by atoms with van der Waals surface area (Å²) >= 11 is 3.28. The first-order valence-corrected chi connectivity index (χ1v) is 6.97. The Morgan fingerprint density at radius 3 is 2.95 bits per heavy atom. The molecule has 0 spiro atoms. The Kier molecular flexibility index (Phi) is 4.93. The molecule has 1 heterocycles. The Labute approximate surface area is 123 Å². The Balaban J connectivity index is 2.19.